The van der Waals surface area contributed by atoms with Crippen molar-refractivity contribution in [2.45, 2.75) is 31.6 Å². The van der Waals surface area contributed by atoms with Gasteiger partial charge in [-0.2, -0.15) is 0 Å². The number of aromatic nitrogens is 2. The third-order valence-corrected chi connectivity index (χ3v) is 6.25. The molecule has 0 radical (unpaired) electrons. The molecule has 1 amide bonds. The third kappa shape index (κ3) is 4.07. The normalized spacial score (nSPS) is 20.2. The van der Waals surface area contributed by atoms with Gasteiger partial charge in [-0.15, -0.1) is 0 Å². The van der Waals surface area contributed by atoms with Gasteiger partial charge >= 0.3 is 0 Å². The van der Waals surface area contributed by atoms with E-state index < -0.39 is 5.92 Å². The van der Waals surface area contributed by atoms with Gasteiger partial charge in [0.2, 0.25) is 0 Å². The van der Waals surface area contributed by atoms with Crippen molar-refractivity contribution < 1.29 is 9.59 Å². The zero-order valence-electron chi connectivity index (χ0n) is 18.3. The average molecular weight is 437 g/mol. The van der Waals surface area contributed by atoms with Crippen LogP contribution in [-0.4, -0.2) is 21.7 Å². The molecule has 6 nitrogen and oxygen atoms in total. The van der Waals surface area contributed by atoms with Gasteiger partial charge in [0.05, 0.1) is 23.5 Å². The van der Waals surface area contributed by atoms with E-state index in [4.69, 9.17) is 0 Å². The minimum atomic E-state index is -0.525. The molecular formula is C27H24N4O2. The van der Waals surface area contributed by atoms with E-state index in [2.05, 4.69) is 32.7 Å². The van der Waals surface area contributed by atoms with Crippen LogP contribution in [0.25, 0.3) is 0 Å². The summed E-state index contributed by atoms with van der Waals surface area (Å²) in [6.07, 6.45) is 6.07. The number of hydrogen-bond donors (Lipinski definition) is 2. The smallest absolute Gasteiger partial charge is 0.254 e. The molecule has 3 heterocycles. The number of anilines is 1. The number of amides is 1. The molecule has 6 heteroatoms. The molecule has 3 aromatic rings. The molecule has 2 N–H and O–H groups in total. The summed E-state index contributed by atoms with van der Waals surface area (Å²) in [7, 11) is 0. The first-order valence-electron chi connectivity index (χ1n) is 11.0. The Balaban J connectivity index is 1.55. The Morgan fingerprint density at radius 1 is 1.00 bits per heavy atom. The fourth-order valence-electron chi connectivity index (χ4n) is 4.78. The van der Waals surface area contributed by atoms with Gasteiger partial charge in [-0.1, -0.05) is 36.4 Å². The van der Waals surface area contributed by atoms with Gasteiger partial charge < -0.3 is 10.6 Å². The SMILES string of the molecule is CC1=C(C(=O)Nc2cccnc2)[C@@H](c2ccccn2)C2=C(C[C@H](c3ccccc3)CC2=O)N1. The number of Topliss-reactive ketones (excluding diaryl/α,β-unsaturated/α-hetero) is 1. The van der Waals surface area contributed by atoms with Crippen LogP contribution in [0.4, 0.5) is 5.69 Å². The fraction of sp³-hybridized carbons (Fsp3) is 0.185. The van der Waals surface area contributed by atoms with Crippen LogP contribution in [-0.2, 0) is 9.59 Å². The molecule has 164 valence electrons. The molecule has 0 saturated carbocycles. The first-order chi connectivity index (χ1) is 16.1. The van der Waals surface area contributed by atoms with Crippen LogP contribution >= 0.6 is 0 Å². The molecule has 1 aromatic carbocycles. The van der Waals surface area contributed by atoms with Crippen LogP contribution in [0.1, 0.15) is 42.9 Å². The van der Waals surface area contributed by atoms with E-state index in [0.717, 1.165) is 17.0 Å². The number of dihydropyridines is 1. The van der Waals surface area contributed by atoms with Gasteiger partial charge in [-0.05, 0) is 49.1 Å². The van der Waals surface area contributed by atoms with Crippen LogP contribution in [0.3, 0.4) is 0 Å². The molecule has 1 aliphatic carbocycles. The van der Waals surface area contributed by atoms with Crippen molar-refractivity contribution in [1.29, 1.82) is 0 Å². The summed E-state index contributed by atoms with van der Waals surface area (Å²) in [5.74, 6) is -0.642. The van der Waals surface area contributed by atoms with Crippen molar-refractivity contribution >= 4 is 17.4 Å². The molecule has 5 rings (SSSR count). The van der Waals surface area contributed by atoms with Gasteiger partial charge in [0.1, 0.15) is 0 Å². The average Bonchev–Trinajstić information content (AvgIpc) is 2.84. The highest BCUT2D eigenvalue weighted by molar-refractivity contribution is 6.09. The Morgan fingerprint density at radius 2 is 1.82 bits per heavy atom. The second-order valence-corrected chi connectivity index (χ2v) is 8.38. The summed E-state index contributed by atoms with van der Waals surface area (Å²) >= 11 is 0. The molecule has 33 heavy (non-hydrogen) atoms. The fourth-order valence-corrected chi connectivity index (χ4v) is 4.78. The molecule has 0 spiro atoms. The highest BCUT2D eigenvalue weighted by atomic mass is 16.2. The molecule has 0 fully saturated rings. The van der Waals surface area contributed by atoms with Gasteiger partial charge in [-0.3, -0.25) is 19.6 Å². The van der Waals surface area contributed by atoms with Crippen LogP contribution < -0.4 is 10.6 Å². The predicted octanol–water partition coefficient (Wildman–Crippen LogP) is 4.48. The van der Waals surface area contributed by atoms with Crippen LogP contribution in [0.2, 0.25) is 0 Å². The lowest BCUT2D eigenvalue weighted by Gasteiger charge is -2.36. The van der Waals surface area contributed by atoms with Crippen molar-refractivity contribution in [3.8, 4) is 0 Å². The highest BCUT2D eigenvalue weighted by Crippen LogP contribution is 2.45. The van der Waals surface area contributed by atoms with Crippen LogP contribution in [0, 0.1) is 0 Å². The van der Waals surface area contributed by atoms with Crippen LogP contribution in [0.5, 0.6) is 0 Å². The summed E-state index contributed by atoms with van der Waals surface area (Å²) in [6, 6.07) is 19.3. The van der Waals surface area contributed by atoms with Gasteiger partial charge in [-0.25, -0.2) is 0 Å². The molecule has 0 saturated heterocycles. The summed E-state index contributed by atoms with van der Waals surface area (Å²) in [5, 5.41) is 6.32. The number of nitrogens with one attached hydrogen (secondary N) is 2. The molecule has 1 aliphatic heterocycles. The van der Waals surface area contributed by atoms with Crippen molar-refractivity contribution in [1.82, 2.24) is 15.3 Å². The van der Waals surface area contributed by atoms with E-state index in [1.807, 2.05) is 43.3 Å². The maximum Gasteiger partial charge on any atom is 0.254 e. The van der Waals surface area contributed by atoms with Gasteiger partial charge in [0.25, 0.3) is 5.91 Å². The molecule has 2 aromatic heterocycles. The first kappa shape index (κ1) is 20.8. The number of benzene rings is 1. The Labute approximate surface area is 192 Å². The lowest BCUT2D eigenvalue weighted by molar-refractivity contribution is -0.116. The lowest BCUT2D eigenvalue weighted by Crippen LogP contribution is -2.37. The second kappa shape index (κ2) is 8.82. The number of carbonyl (C=O) groups is 2. The number of nitrogens with zero attached hydrogens (tertiary/aromatic N) is 2. The standard InChI is InChI=1S/C27H24N4O2/c1-17-24(27(33)31-20-10-7-12-28-16-20)26(21-11-5-6-13-29-21)25-22(30-17)14-19(15-23(25)32)18-8-3-2-4-9-18/h2-13,16,19,26,30H,14-15H2,1H3,(H,31,33)/t19-,26+/m0/s1. The Hall–Kier alpha value is -4.06. The van der Waals surface area contributed by atoms with Crippen LogP contribution in [0.15, 0.2) is 102 Å². The zero-order chi connectivity index (χ0) is 22.8. The topological polar surface area (TPSA) is 84.0 Å². The summed E-state index contributed by atoms with van der Waals surface area (Å²) < 4.78 is 0. The largest absolute Gasteiger partial charge is 0.362 e. The van der Waals surface area contributed by atoms with E-state index in [9.17, 15) is 9.59 Å². The monoisotopic (exact) mass is 436 g/mol. The van der Waals surface area contributed by atoms with E-state index in [0.29, 0.717) is 35.4 Å². The third-order valence-electron chi connectivity index (χ3n) is 6.25. The number of pyridine rings is 2. The molecule has 2 aliphatic rings. The van der Waals surface area contributed by atoms with E-state index in [1.54, 1.807) is 30.7 Å². The van der Waals surface area contributed by atoms with E-state index in [1.165, 1.54) is 0 Å². The summed E-state index contributed by atoms with van der Waals surface area (Å²) in [5.41, 5.74) is 5.19. The van der Waals surface area contributed by atoms with Crippen molar-refractivity contribution in [3.63, 3.8) is 0 Å². The Kier molecular flexibility index (Phi) is 5.57. The summed E-state index contributed by atoms with van der Waals surface area (Å²) in [6.45, 7) is 1.88. The zero-order valence-corrected chi connectivity index (χ0v) is 18.3. The van der Waals surface area contributed by atoms with Gasteiger partial charge in [0.15, 0.2) is 5.78 Å². The number of ketones is 1. The molecule has 0 bridgehead atoms. The summed E-state index contributed by atoms with van der Waals surface area (Å²) in [4.78, 5) is 35.6. The Morgan fingerprint density at radius 3 is 2.55 bits per heavy atom. The maximum atomic E-state index is 13.5. The molecule has 0 unspecified atom stereocenters. The molecular weight excluding hydrogens is 412 g/mol. The number of allylic oxidation sites excluding steroid dienone is 3. The lowest BCUT2D eigenvalue weighted by atomic mass is 9.72. The van der Waals surface area contributed by atoms with E-state index in [-0.39, 0.29) is 17.6 Å². The number of rotatable bonds is 4. The maximum absolute atomic E-state index is 13.5. The minimum absolute atomic E-state index is 0.0485. The van der Waals surface area contributed by atoms with Gasteiger partial charge in [0, 0.05) is 41.4 Å². The minimum Gasteiger partial charge on any atom is -0.362 e. The van der Waals surface area contributed by atoms with E-state index >= 15 is 0 Å². The first-order valence-corrected chi connectivity index (χ1v) is 11.0. The Bertz CT molecular complexity index is 1250. The van der Waals surface area contributed by atoms with Crippen molar-refractivity contribution in [3.05, 3.63) is 113 Å². The highest BCUT2D eigenvalue weighted by Gasteiger charge is 2.41. The predicted molar refractivity (Wildman–Crippen MR) is 126 cm³/mol. The van der Waals surface area contributed by atoms with Crippen molar-refractivity contribution in [2.75, 3.05) is 5.32 Å². The quantitative estimate of drug-likeness (QED) is 0.630. The number of hydrogen-bond acceptors (Lipinski definition) is 5. The molecule has 2 atom stereocenters. The van der Waals surface area contributed by atoms with Crippen molar-refractivity contribution in [2.24, 2.45) is 0 Å². The number of carbonyl (C=O) groups excluding carboxylic acids is 2. The second-order valence-electron chi connectivity index (χ2n) is 8.38.